The van der Waals surface area contributed by atoms with Gasteiger partial charge < -0.3 is 15.4 Å². The first kappa shape index (κ1) is 14.4. The molecule has 1 aromatic carbocycles. The summed E-state index contributed by atoms with van der Waals surface area (Å²) in [4.78, 5) is 0. The lowest BCUT2D eigenvalue weighted by Crippen LogP contribution is -2.32. The van der Waals surface area contributed by atoms with Gasteiger partial charge in [0.1, 0.15) is 5.75 Å². The fourth-order valence-electron chi connectivity index (χ4n) is 2.47. The highest BCUT2D eigenvalue weighted by Gasteiger charge is 2.41. The first-order valence-corrected chi connectivity index (χ1v) is 7.35. The third-order valence-corrected chi connectivity index (χ3v) is 3.83. The molecule has 0 radical (unpaired) electrons. The standard InChI is InChI=1S/C16H26N2O/c1-3-19-15-6-4-14(5-7-15)8-11-18-13-16(9-10-16)12-17-2/h4-7,17-18H,3,8-13H2,1-2H3. The summed E-state index contributed by atoms with van der Waals surface area (Å²) in [5.74, 6) is 0.963. The van der Waals surface area contributed by atoms with Crippen molar-refractivity contribution in [1.82, 2.24) is 10.6 Å². The first-order valence-electron chi connectivity index (χ1n) is 7.35. The van der Waals surface area contributed by atoms with Gasteiger partial charge in [-0.05, 0) is 62.9 Å². The van der Waals surface area contributed by atoms with E-state index in [0.717, 1.165) is 38.4 Å². The summed E-state index contributed by atoms with van der Waals surface area (Å²) in [5, 5.41) is 6.88. The largest absolute Gasteiger partial charge is 0.494 e. The predicted octanol–water partition coefficient (Wildman–Crippen LogP) is 2.22. The maximum absolute atomic E-state index is 5.44. The molecule has 2 N–H and O–H groups in total. The molecule has 0 atom stereocenters. The van der Waals surface area contributed by atoms with Crippen molar-refractivity contribution in [3.05, 3.63) is 29.8 Å². The van der Waals surface area contributed by atoms with E-state index in [1.54, 1.807) is 0 Å². The van der Waals surface area contributed by atoms with Crippen LogP contribution in [0.25, 0.3) is 0 Å². The molecule has 0 spiro atoms. The second-order valence-corrected chi connectivity index (χ2v) is 5.53. The van der Waals surface area contributed by atoms with Crippen molar-refractivity contribution in [1.29, 1.82) is 0 Å². The van der Waals surface area contributed by atoms with E-state index >= 15 is 0 Å². The Balaban J connectivity index is 1.65. The highest BCUT2D eigenvalue weighted by molar-refractivity contribution is 5.27. The van der Waals surface area contributed by atoms with Gasteiger partial charge in [-0.3, -0.25) is 0 Å². The molecule has 2 rings (SSSR count). The summed E-state index contributed by atoms with van der Waals surface area (Å²) in [6, 6.07) is 8.44. The van der Waals surface area contributed by atoms with Gasteiger partial charge in [0, 0.05) is 13.1 Å². The lowest BCUT2D eigenvalue weighted by molar-refractivity contribution is 0.340. The number of benzene rings is 1. The van der Waals surface area contributed by atoms with Gasteiger partial charge in [-0.2, -0.15) is 0 Å². The van der Waals surface area contributed by atoms with Crippen LogP contribution >= 0.6 is 0 Å². The molecular formula is C16H26N2O. The molecule has 3 heteroatoms. The molecule has 19 heavy (non-hydrogen) atoms. The van der Waals surface area contributed by atoms with Crippen LogP contribution in [0.15, 0.2) is 24.3 Å². The van der Waals surface area contributed by atoms with Gasteiger partial charge in [0.25, 0.3) is 0 Å². The van der Waals surface area contributed by atoms with Crippen LogP contribution in [0.3, 0.4) is 0 Å². The van der Waals surface area contributed by atoms with Gasteiger partial charge in [-0.1, -0.05) is 12.1 Å². The van der Waals surface area contributed by atoms with E-state index in [4.69, 9.17) is 4.74 Å². The number of nitrogens with one attached hydrogen (secondary N) is 2. The molecule has 1 fully saturated rings. The van der Waals surface area contributed by atoms with Gasteiger partial charge in [0.15, 0.2) is 0 Å². The predicted molar refractivity (Wildman–Crippen MR) is 79.8 cm³/mol. The molecule has 0 unspecified atom stereocenters. The number of rotatable bonds is 9. The summed E-state index contributed by atoms with van der Waals surface area (Å²) >= 11 is 0. The zero-order valence-electron chi connectivity index (χ0n) is 12.2. The minimum Gasteiger partial charge on any atom is -0.494 e. The third kappa shape index (κ3) is 4.51. The average Bonchev–Trinajstić information content (AvgIpc) is 3.18. The molecule has 1 saturated carbocycles. The molecular weight excluding hydrogens is 236 g/mol. The number of ether oxygens (including phenoxy) is 1. The smallest absolute Gasteiger partial charge is 0.119 e. The monoisotopic (exact) mass is 262 g/mol. The Morgan fingerprint density at radius 2 is 1.89 bits per heavy atom. The van der Waals surface area contributed by atoms with Crippen molar-refractivity contribution in [3.63, 3.8) is 0 Å². The fraction of sp³-hybridized carbons (Fsp3) is 0.625. The molecule has 106 valence electrons. The van der Waals surface area contributed by atoms with Gasteiger partial charge in [-0.15, -0.1) is 0 Å². The zero-order valence-corrected chi connectivity index (χ0v) is 12.2. The van der Waals surface area contributed by atoms with E-state index < -0.39 is 0 Å². The molecule has 0 saturated heterocycles. The normalized spacial score (nSPS) is 16.3. The van der Waals surface area contributed by atoms with Crippen LogP contribution in [0.5, 0.6) is 5.75 Å². The quantitative estimate of drug-likeness (QED) is 0.670. The highest BCUT2D eigenvalue weighted by Crippen LogP contribution is 2.44. The molecule has 1 aromatic rings. The Morgan fingerprint density at radius 3 is 2.47 bits per heavy atom. The lowest BCUT2D eigenvalue weighted by Gasteiger charge is -2.15. The average molecular weight is 262 g/mol. The van der Waals surface area contributed by atoms with Crippen molar-refractivity contribution >= 4 is 0 Å². The highest BCUT2D eigenvalue weighted by atomic mass is 16.5. The molecule has 0 aliphatic heterocycles. The summed E-state index contributed by atoms with van der Waals surface area (Å²) in [5.41, 5.74) is 1.92. The van der Waals surface area contributed by atoms with Gasteiger partial charge in [-0.25, -0.2) is 0 Å². The maximum atomic E-state index is 5.44. The van der Waals surface area contributed by atoms with Crippen molar-refractivity contribution < 1.29 is 4.74 Å². The maximum Gasteiger partial charge on any atom is 0.119 e. The van der Waals surface area contributed by atoms with Crippen molar-refractivity contribution in [2.24, 2.45) is 5.41 Å². The molecule has 3 nitrogen and oxygen atoms in total. The molecule has 0 bridgehead atoms. The van der Waals surface area contributed by atoms with E-state index in [0.29, 0.717) is 5.41 Å². The Morgan fingerprint density at radius 1 is 1.16 bits per heavy atom. The van der Waals surface area contributed by atoms with Gasteiger partial charge in [0.2, 0.25) is 0 Å². The summed E-state index contributed by atoms with van der Waals surface area (Å²) in [6.07, 6.45) is 3.82. The van der Waals surface area contributed by atoms with Gasteiger partial charge in [0.05, 0.1) is 6.61 Å². The Bertz CT molecular complexity index is 371. The lowest BCUT2D eigenvalue weighted by atomic mass is 10.1. The van der Waals surface area contributed by atoms with E-state index in [2.05, 4.69) is 34.9 Å². The molecule has 0 aromatic heterocycles. The van der Waals surface area contributed by atoms with E-state index in [9.17, 15) is 0 Å². The van der Waals surface area contributed by atoms with Crippen molar-refractivity contribution in [3.8, 4) is 5.75 Å². The van der Waals surface area contributed by atoms with Gasteiger partial charge >= 0.3 is 0 Å². The second kappa shape index (κ2) is 6.92. The SMILES string of the molecule is CCOc1ccc(CCNCC2(CNC)CC2)cc1. The zero-order chi connectivity index (χ0) is 13.6. The number of hydrogen-bond donors (Lipinski definition) is 2. The van der Waals surface area contributed by atoms with Crippen LogP contribution in [-0.4, -0.2) is 33.3 Å². The Hall–Kier alpha value is -1.06. The molecule has 0 heterocycles. The number of hydrogen-bond acceptors (Lipinski definition) is 3. The topological polar surface area (TPSA) is 33.3 Å². The van der Waals surface area contributed by atoms with Crippen LogP contribution in [0.2, 0.25) is 0 Å². The van der Waals surface area contributed by atoms with Crippen molar-refractivity contribution in [2.75, 3.05) is 33.3 Å². The summed E-state index contributed by atoms with van der Waals surface area (Å²) < 4.78 is 5.44. The molecule has 0 amide bonds. The van der Waals surface area contributed by atoms with Crippen LogP contribution in [0.4, 0.5) is 0 Å². The van der Waals surface area contributed by atoms with Crippen LogP contribution in [-0.2, 0) is 6.42 Å². The third-order valence-electron chi connectivity index (χ3n) is 3.83. The van der Waals surface area contributed by atoms with Crippen LogP contribution in [0.1, 0.15) is 25.3 Å². The molecule has 1 aliphatic rings. The molecule has 1 aliphatic carbocycles. The van der Waals surface area contributed by atoms with Crippen molar-refractivity contribution in [2.45, 2.75) is 26.2 Å². The Kier molecular flexibility index (Phi) is 5.23. The minimum atomic E-state index is 0.549. The van der Waals surface area contributed by atoms with E-state index in [1.807, 2.05) is 14.0 Å². The fourth-order valence-corrected chi connectivity index (χ4v) is 2.47. The van der Waals surface area contributed by atoms with Crippen LogP contribution < -0.4 is 15.4 Å². The minimum absolute atomic E-state index is 0.549. The summed E-state index contributed by atoms with van der Waals surface area (Å²) in [7, 11) is 2.04. The Labute approximate surface area is 116 Å². The van der Waals surface area contributed by atoms with E-state index in [1.165, 1.54) is 18.4 Å². The second-order valence-electron chi connectivity index (χ2n) is 5.53. The summed E-state index contributed by atoms with van der Waals surface area (Å²) in [6.45, 7) is 6.08. The first-order chi connectivity index (χ1) is 9.28. The van der Waals surface area contributed by atoms with Crippen LogP contribution in [0, 0.1) is 5.41 Å². The van der Waals surface area contributed by atoms with E-state index in [-0.39, 0.29) is 0 Å².